The first-order chi connectivity index (χ1) is 14.4. The van der Waals surface area contributed by atoms with E-state index in [1.165, 1.54) is 18.6 Å². The average Bonchev–Trinajstić information content (AvgIpc) is 3.31. The van der Waals surface area contributed by atoms with Crippen LogP contribution < -0.4 is 4.74 Å². The van der Waals surface area contributed by atoms with Crippen molar-refractivity contribution in [2.75, 3.05) is 6.61 Å². The summed E-state index contributed by atoms with van der Waals surface area (Å²) in [6.45, 7) is 0.576. The van der Waals surface area contributed by atoms with Crippen LogP contribution in [0.3, 0.4) is 0 Å². The summed E-state index contributed by atoms with van der Waals surface area (Å²) in [6, 6.07) is 11.3. The molecule has 0 atom stereocenters. The van der Waals surface area contributed by atoms with Gasteiger partial charge < -0.3 is 14.5 Å². The van der Waals surface area contributed by atoms with E-state index in [1.807, 2.05) is 0 Å². The molecule has 30 heavy (non-hydrogen) atoms. The molecule has 1 N–H and O–H groups in total. The maximum Gasteiger partial charge on any atom is 0.573 e. The molecule has 0 unspecified atom stereocenters. The van der Waals surface area contributed by atoms with Crippen molar-refractivity contribution < 1.29 is 22.6 Å². The molecule has 156 valence electrons. The van der Waals surface area contributed by atoms with Crippen LogP contribution in [0.4, 0.5) is 13.2 Å². The van der Waals surface area contributed by atoms with Gasteiger partial charge in [0.15, 0.2) is 5.82 Å². The Morgan fingerprint density at radius 1 is 1.03 bits per heavy atom. The number of alkyl halides is 3. The number of hydrogen-bond acceptors (Lipinski definition) is 4. The monoisotopic (exact) mass is 415 g/mol. The fourth-order valence-corrected chi connectivity index (χ4v) is 4.27. The van der Waals surface area contributed by atoms with Gasteiger partial charge in [-0.05, 0) is 36.6 Å². The van der Waals surface area contributed by atoms with Gasteiger partial charge in [0.05, 0.1) is 16.6 Å². The highest BCUT2D eigenvalue weighted by Gasteiger charge is 2.38. The highest BCUT2D eigenvalue weighted by atomic mass is 19.4. The number of imidazole rings is 1. The molecule has 5 nitrogen and oxygen atoms in total. The molecule has 2 heterocycles. The zero-order chi connectivity index (χ0) is 20.8. The lowest BCUT2D eigenvalue weighted by molar-refractivity contribution is -0.274. The van der Waals surface area contributed by atoms with Gasteiger partial charge in [-0.3, -0.25) is 0 Å². The van der Waals surface area contributed by atoms with E-state index < -0.39 is 6.36 Å². The Bertz CT molecular complexity index is 1110. The maximum atomic E-state index is 12.8. The Balaban J connectivity index is 1.48. The summed E-state index contributed by atoms with van der Waals surface area (Å²) < 4.78 is 48.3. The van der Waals surface area contributed by atoms with Crippen LogP contribution in [0.2, 0.25) is 0 Å². The minimum Gasteiger partial charge on any atom is -0.473 e. The number of ether oxygens (including phenoxy) is 2. The molecule has 5 rings (SSSR count). The van der Waals surface area contributed by atoms with Gasteiger partial charge in [-0.25, -0.2) is 9.98 Å². The molecule has 1 aliphatic heterocycles. The van der Waals surface area contributed by atoms with Crippen molar-refractivity contribution in [2.24, 2.45) is 4.99 Å². The smallest absolute Gasteiger partial charge is 0.473 e. The number of rotatable bonds is 3. The minimum atomic E-state index is -4.76. The number of para-hydroxylation sites is 1. The Morgan fingerprint density at radius 3 is 2.63 bits per heavy atom. The lowest BCUT2D eigenvalue weighted by atomic mass is 9.83. The van der Waals surface area contributed by atoms with Crippen LogP contribution in [0.15, 0.2) is 47.5 Å². The van der Waals surface area contributed by atoms with Gasteiger partial charge in [0.1, 0.15) is 12.4 Å². The molecule has 0 bridgehead atoms. The van der Waals surface area contributed by atoms with E-state index in [1.54, 1.807) is 30.3 Å². The molecule has 1 fully saturated rings. The van der Waals surface area contributed by atoms with Gasteiger partial charge in [0.2, 0.25) is 0 Å². The zero-order valence-corrected chi connectivity index (χ0v) is 16.1. The molecule has 1 aliphatic carbocycles. The molecule has 8 heteroatoms. The highest BCUT2D eigenvalue weighted by molar-refractivity contribution is 5.96. The minimum absolute atomic E-state index is 0.133. The second-order valence-electron chi connectivity index (χ2n) is 7.85. The number of nitrogens with zero attached hydrogens (tertiary/aromatic N) is 2. The van der Waals surface area contributed by atoms with E-state index in [0.717, 1.165) is 25.7 Å². The number of hydrogen-bond donors (Lipinski definition) is 1. The Labute approximate surface area is 170 Å². The average molecular weight is 415 g/mol. The van der Waals surface area contributed by atoms with Gasteiger partial charge in [0.25, 0.3) is 5.90 Å². The fourth-order valence-electron chi connectivity index (χ4n) is 4.27. The Kier molecular flexibility index (Phi) is 4.45. The number of fused-ring (bicyclic) bond motifs is 1. The molecular formula is C22H20F3N3O2. The van der Waals surface area contributed by atoms with Gasteiger partial charge >= 0.3 is 6.36 Å². The van der Waals surface area contributed by atoms with Crippen molar-refractivity contribution >= 4 is 16.9 Å². The predicted octanol–water partition coefficient (Wildman–Crippen LogP) is 5.61. The van der Waals surface area contributed by atoms with Crippen LogP contribution in [-0.4, -0.2) is 34.4 Å². The molecule has 0 saturated heterocycles. The van der Waals surface area contributed by atoms with E-state index in [9.17, 15) is 13.2 Å². The normalized spacial score (nSPS) is 18.4. The fraction of sp³-hybridized carbons (Fsp3) is 0.364. The summed E-state index contributed by atoms with van der Waals surface area (Å²) in [4.78, 5) is 12.6. The van der Waals surface area contributed by atoms with Crippen molar-refractivity contribution in [2.45, 2.75) is 44.0 Å². The first-order valence-electron chi connectivity index (χ1n) is 9.99. The van der Waals surface area contributed by atoms with Crippen molar-refractivity contribution in [1.29, 1.82) is 0 Å². The van der Waals surface area contributed by atoms with Crippen LogP contribution in [0.25, 0.3) is 22.2 Å². The lowest BCUT2D eigenvalue weighted by Gasteiger charge is -2.27. The third kappa shape index (κ3) is 3.62. The van der Waals surface area contributed by atoms with Crippen LogP contribution in [0.5, 0.6) is 5.75 Å². The molecule has 0 radical (unpaired) electrons. The number of aromatic nitrogens is 2. The number of benzene rings is 2. The first kappa shape index (κ1) is 19.0. The second-order valence-corrected chi connectivity index (χ2v) is 7.85. The SMILES string of the molecule is FC(F)(F)Oc1ccccc1-c1ccc2nc(C3=NC4(CCCCC4)CO3)[nH]c2c1. The maximum absolute atomic E-state index is 12.8. The molecule has 2 aliphatic rings. The summed E-state index contributed by atoms with van der Waals surface area (Å²) in [5.41, 5.74) is 2.20. The quantitative estimate of drug-likeness (QED) is 0.605. The van der Waals surface area contributed by atoms with Crippen molar-refractivity contribution in [1.82, 2.24) is 9.97 Å². The van der Waals surface area contributed by atoms with Crippen molar-refractivity contribution in [3.8, 4) is 16.9 Å². The Hall–Kier alpha value is -3.03. The largest absolute Gasteiger partial charge is 0.573 e. The second kappa shape index (κ2) is 7.04. The zero-order valence-electron chi connectivity index (χ0n) is 16.1. The Morgan fingerprint density at radius 2 is 1.83 bits per heavy atom. The lowest BCUT2D eigenvalue weighted by Crippen LogP contribution is -2.30. The van der Waals surface area contributed by atoms with Crippen LogP contribution >= 0.6 is 0 Å². The summed E-state index contributed by atoms with van der Waals surface area (Å²) in [5, 5.41) is 0. The van der Waals surface area contributed by atoms with Gasteiger partial charge in [-0.1, -0.05) is 43.5 Å². The third-order valence-electron chi connectivity index (χ3n) is 5.71. The highest BCUT2D eigenvalue weighted by Crippen LogP contribution is 2.37. The van der Waals surface area contributed by atoms with Crippen molar-refractivity contribution in [3.63, 3.8) is 0 Å². The van der Waals surface area contributed by atoms with Gasteiger partial charge in [-0.2, -0.15) is 0 Å². The van der Waals surface area contributed by atoms with Crippen LogP contribution in [0.1, 0.15) is 37.9 Å². The summed E-state index contributed by atoms with van der Waals surface area (Å²) in [6.07, 6.45) is 0.841. The standard InChI is InChI=1S/C22H20F3N3O2/c23-22(24,25)30-18-7-3-2-6-15(18)14-8-9-16-17(12-14)27-19(26-16)20-28-21(13-29-20)10-4-1-5-11-21/h2-3,6-9,12H,1,4-5,10-11,13H2,(H,26,27). The number of aliphatic imine (C=N–C) groups is 1. The third-order valence-corrected chi connectivity index (χ3v) is 5.71. The van der Waals surface area contributed by atoms with E-state index in [4.69, 9.17) is 9.73 Å². The van der Waals surface area contributed by atoms with E-state index in [0.29, 0.717) is 40.5 Å². The molecule has 1 spiro atoms. The van der Waals surface area contributed by atoms with E-state index in [2.05, 4.69) is 14.7 Å². The topological polar surface area (TPSA) is 59.5 Å². The van der Waals surface area contributed by atoms with E-state index in [-0.39, 0.29) is 11.3 Å². The molecule has 2 aromatic carbocycles. The van der Waals surface area contributed by atoms with Crippen LogP contribution in [-0.2, 0) is 4.74 Å². The number of aromatic amines is 1. The summed E-state index contributed by atoms with van der Waals surface area (Å²) >= 11 is 0. The molecular weight excluding hydrogens is 395 g/mol. The van der Waals surface area contributed by atoms with Gasteiger partial charge in [0, 0.05) is 5.56 Å². The summed E-state index contributed by atoms with van der Waals surface area (Å²) in [5.74, 6) is 0.812. The van der Waals surface area contributed by atoms with Gasteiger partial charge in [-0.15, -0.1) is 13.2 Å². The van der Waals surface area contributed by atoms with Crippen LogP contribution in [0, 0.1) is 0 Å². The van der Waals surface area contributed by atoms with E-state index >= 15 is 0 Å². The molecule has 1 aromatic heterocycles. The predicted molar refractivity (Wildman–Crippen MR) is 107 cm³/mol. The molecule has 3 aromatic rings. The number of H-pyrrole nitrogens is 1. The number of halogens is 3. The number of nitrogens with one attached hydrogen (secondary N) is 1. The molecule has 0 amide bonds. The van der Waals surface area contributed by atoms with Crippen molar-refractivity contribution in [3.05, 3.63) is 48.3 Å². The first-order valence-corrected chi connectivity index (χ1v) is 9.99. The molecule has 1 saturated carbocycles. The summed E-state index contributed by atoms with van der Waals surface area (Å²) in [7, 11) is 0.